The second kappa shape index (κ2) is 4.96. The molecule has 0 bridgehead atoms. The Morgan fingerprint density at radius 2 is 2.25 bits per heavy atom. The molecule has 3 rings (SSSR count). The van der Waals surface area contributed by atoms with E-state index >= 15 is 0 Å². The summed E-state index contributed by atoms with van der Waals surface area (Å²) >= 11 is 0. The lowest BCUT2D eigenvalue weighted by Crippen LogP contribution is -2.11. The van der Waals surface area contributed by atoms with Crippen LogP contribution in [-0.4, -0.2) is 29.9 Å². The molecule has 0 aliphatic heterocycles. The molecule has 3 heterocycles. The monoisotopic (exact) mass is 272 g/mol. The smallest absolute Gasteiger partial charge is 0.257 e. The third kappa shape index (κ3) is 2.55. The van der Waals surface area contributed by atoms with Crippen molar-refractivity contribution in [3.63, 3.8) is 0 Å². The Morgan fingerprint density at radius 3 is 2.95 bits per heavy atom. The number of anilines is 2. The van der Waals surface area contributed by atoms with E-state index in [0.717, 1.165) is 11.5 Å². The molecular weight excluding hydrogens is 260 g/mol. The van der Waals surface area contributed by atoms with Gasteiger partial charge in [-0.1, -0.05) is 5.16 Å². The molecule has 0 spiro atoms. The molecule has 0 aliphatic carbocycles. The minimum atomic E-state index is 0.115. The van der Waals surface area contributed by atoms with Crippen LogP contribution >= 0.6 is 0 Å². The molecule has 9 nitrogen and oxygen atoms in total. The number of aromatic nitrogens is 6. The first-order valence-electron chi connectivity index (χ1n) is 5.88. The van der Waals surface area contributed by atoms with Crippen molar-refractivity contribution in [2.75, 3.05) is 11.1 Å². The van der Waals surface area contributed by atoms with Crippen LogP contribution in [-0.2, 0) is 6.54 Å². The van der Waals surface area contributed by atoms with Gasteiger partial charge in [0.15, 0.2) is 0 Å². The van der Waals surface area contributed by atoms with E-state index in [0.29, 0.717) is 18.4 Å². The van der Waals surface area contributed by atoms with E-state index in [1.54, 1.807) is 18.5 Å². The maximum Gasteiger partial charge on any atom is 0.257 e. The van der Waals surface area contributed by atoms with Gasteiger partial charge in [-0.15, -0.1) is 0 Å². The Morgan fingerprint density at radius 1 is 1.35 bits per heavy atom. The summed E-state index contributed by atoms with van der Waals surface area (Å²) in [5, 5.41) is 10.9. The summed E-state index contributed by atoms with van der Waals surface area (Å²) in [5.41, 5.74) is 6.41. The predicted octanol–water partition coefficient (Wildman–Crippen LogP) is 0.548. The molecule has 0 radical (unpaired) electrons. The average Bonchev–Trinajstić information content (AvgIpc) is 3.07. The van der Waals surface area contributed by atoms with Crippen LogP contribution in [0.5, 0.6) is 0 Å². The van der Waals surface area contributed by atoms with Crippen LogP contribution in [0.2, 0.25) is 0 Å². The Kier molecular flexibility index (Phi) is 2.99. The fraction of sp³-hybridized carbons (Fsp3) is 0.182. The molecule has 0 aromatic carbocycles. The van der Waals surface area contributed by atoms with Crippen LogP contribution in [0.3, 0.4) is 0 Å². The fourth-order valence-electron chi connectivity index (χ4n) is 1.62. The summed E-state index contributed by atoms with van der Waals surface area (Å²) in [6, 6.07) is 3.59. The normalized spacial score (nSPS) is 10.7. The molecule has 20 heavy (non-hydrogen) atoms. The molecule has 0 saturated heterocycles. The van der Waals surface area contributed by atoms with Gasteiger partial charge in [0, 0.05) is 18.5 Å². The molecule has 0 fully saturated rings. The highest BCUT2D eigenvalue weighted by molar-refractivity contribution is 5.35. The third-order valence-electron chi connectivity index (χ3n) is 2.45. The summed E-state index contributed by atoms with van der Waals surface area (Å²) in [6.45, 7) is 2.26. The number of aryl methyl sites for hydroxylation is 1. The first-order chi connectivity index (χ1) is 9.70. The number of nitrogens with zero attached hydrogens (tertiary/aromatic N) is 6. The van der Waals surface area contributed by atoms with Gasteiger partial charge in [0.1, 0.15) is 11.5 Å². The van der Waals surface area contributed by atoms with Gasteiger partial charge in [0.25, 0.3) is 5.95 Å². The standard InChI is InChI=1S/C11H12N8O/c1-7-5-8(18-20-7)6-13-10-15-9(12)16-11(17-10)19-4-2-3-14-19/h2-5H,6H2,1H3,(H3,12,13,15,16,17). The molecule has 9 heteroatoms. The summed E-state index contributed by atoms with van der Waals surface area (Å²) in [5.74, 6) is 1.56. The Bertz CT molecular complexity index is 705. The number of nitrogen functional groups attached to an aromatic ring is 1. The quantitative estimate of drug-likeness (QED) is 0.706. The zero-order chi connectivity index (χ0) is 13.9. The Balaban J connectivity index is 1.79. The summed E-state index contributed by atoms with van der Waals surface area (Å²) in [7, 11) is 0. The zero-order valence-corrected chi connectivity index (χ0v) is 10.7. The lowest BCUT2D eigenvalue weighted by atomic mass is 10.4. The van der Waals surface area contributed by atoms with Crippen molar-refractivity contribution in [2.45, 2.75) is 13.5 Å². The van der Waals surface area contributed by atoms with Crippen molar-refractivity contribution in [1.82, 2.24) is 29.9 Å². The van der Waals surface area contributed by atoms with Gasteiger partial charge < -0.3 is 15.6 Å². The SMILES string of the molecule is Cc1cc(CNc2nc(N)nc(-n3cccn3)n2)no1. The van der Waals surface area contributed by atoms with Crippen LogP contribution in [0.1, 0.15) is 11.5 Å². The van der Waals surface area contributed by atoms with Gasteiger partial charge in [-0.2, -0.15) is 20.1 Å². The maximum atomic E-state index is 5.66. The number of hydrogen-bond donors (Lipinski definition) is 2. The van der Waals surface area contributed by atoms with E-state index in [1.165, 1.54) is 4.68 Å². The van der Waals surface area contributed by atoms with Crippen LogP contribution < -0.4 is 11.1 Å². The third-order valence-corrected chi connectivity index (χ3v) is 2.45. The van der Waals surface area contributed by atoms with Gasteiger partial charge in [0.2, 0.25) is 11.9 Å². The minimum Gasteiger partial charge on any atom is -0.368 e. The van der Waals surface area contributed by atoms with E-state index in [4.69, 9.17) is 10.3 Å². The van der Waals surface area contributed by atoms with Crippen molar-refractivity contribution >= 4 is 11.9 Å². The molecule has 0 saturated carbocycles. The number of nitrogens with one attached hydrogen (secondary N) is 1. The fourth-order valence-corrected chi connectivity index (χ4v) is 1.62. The molecule has 102 valence electrons. The van der Waals surface area contributed by atoms with Crippen molar-refractivity contribution < 1.29 is 4.52 Å². The van der Waals surface area contributed by atoms with Crippen LogP contribution in [0.25, 0.3) is 5.95 Å². The van der Waals surface area contributed by atoms with Gasteiger partial charge in [-0.3, -0.25) is 0 Å². The van der Waals surface area contributed by atoms with Crippen LogP contribution in [0.15, 0.2) is 29.0 Å². The first-order valence-corrected chi connectivity index (χ1v) is 5.88. The van der Waals surface area contributed by atoms with E-state index in [1.807, 2.05) is 13.0 Å². The molecular formula is C11H12N8O. The topological polar surface area (TPSA) is 121 Å². The number of hydrogen-bond acceptors (Lipinski definition) is 8. The first kappa shape index (κ1) is 12.1. The summed E-state index contributed by atoms with van der Waals surface area (Å²) < 4.78 is 6.48. The average molecular weight is 272 g/mol. The zero-order valence-electron chi connectivity index (χ0n) is 10.7. The van der Waals surface area contributed by atoms with Gasteiger partial charge in [-0.05, 0) is 13.0 Å². The molecule has 3 aromatic rings. The van der Waals surface area contributed by atoms with Crippen LogP contribution in [0, 0.1) is 6.92 Å². The van der Waals surface area contributed by atoms with Crippen LogP contribution in [0.4, 0.5) is 11.9 Å². The number of nitrogens with two attached hydrogens (primary N) is 1. The highest BCUT2D eigenvalue weighted by Gasteiger charge is 2.07. The second-order valence-electron chi connectivity index (χ2n) is 4.05. The van der Waals surface area contributed by atoms with E-state index in [-0.39, 0.29) is 5.95 Å². The summed E-state index contributed by atoms with van der Waals surface area (Å²) in [4.78, 5) is 12.3. The molecule has 0 unspecified atom stereocenters. The Labute approximate surface area is 113 Å². The Hall–Kier alpha value is -2.97. The largest absolute Gasteiger partial charge is 0.368 e. The van der Waals surface area contributed by atoms with E-state index < -0.39 is 0 Å². The van der Waals surface area contributed by atoms with Gasteiger partial charge in [0.05, 0.1) is 6.54 Å². The lowest BCUT2D eigenvalue weighted by Gasteiger charge is -2.05. The maximum absolute atomic E-state index is 5.66. The van der Waals surface area contributed by atoms with E-state index in [9.17, 15) is 0 Å². The molecule has 3 N–H and O–H groups in total. The highest BCUT2D eigenvalue weighted by atomic mass is 16.5. The molecule has 3 aromatic heterocycles. The predicted molar refractivity (Wildman–Crippen MR) is 69.9 cm³/mol. The molecule has 0 atom stereocenters. The van der Waals surface area contributed by atoms with Crippen molar-refractivity contribution in [3.8, 4) is 5.95 Å². The molecule has 0 aliphatic rings. The van der Waals surface area contributed by atoms with Crippen molar-refractivity contribution in [2.24, 2.45) is 0 Å². The summed E-state index contributed by atoms with van der Waals surface area (Å²) in [6.07, 6.45) is 3.35. The van der Waals surface area contributed by atoms with Crippen molar-refractivity contribution in [3.05, 3.63) is 36.0 Å². The lowest BCUT2D eigenvalue weighted by molar-refractivity contribution is 0.391. The number of rotatable bonds is 4. The highest BCUT2D eigenvalue weighted by Crippen LogP contribution is 2.08. The van der Waals surface area contributed by atoms with Crippen molar-refractivity contribution in [1.29, 1.82) is 0 Å². The van der Waals surface area contributed by atoms with Gasteiger partial charge >= 0.3 is 0 Å². The van der Waals surface area contributed by atoms with Gasteiger partial charge in [-0.25, -0.2) is 4.68 Å². The second-order valence-corrected chi connectivity index (χ2v) is 4.05. The van der Waals surface area contributed by atoms with E-state index in [2.05, 4.69) is 30.5 Å². The molecule has 0 amide bonds. The minimum absolute atomic E-state index is 0.115.